The number of nitrogens with zero attached hydrogens (tertiary/aromatic N) is 5. The zero-order valence-electron chi connectivity index (χ0n) is 26.0. The van der Waals surface area contributed by atoms with E-state index < -0.39 is 24.9 Å². The maximum atomic E-state index is 13.8. The van der Waals surface area contributed by atoms with Gasteiger partial charge < -0.3 is 15.1 Å². The number of hydrogen-bond donors (Lipinski definition) is 1. The normalized spacial score (nSPS) is 19.9. The second-order valence-corrected chi connectivity index (χ2v) is 12.7. The lowest BCUT2D eigenvalue weighted by atomic mass is 9.83. The first-order chi connectivity index (χ1) is 22.7. The highest BCUT2D eigenvalue weighted by atomic mass is 19.4. The summed E-state index contributed by atoms with van der Waals surface area (Å²) < 4.78 is 39.4. The molecule has 7 rings (SSSR count). The molecule has 2 amide bonds. The van der Waals surface area contributed by atoms with E-state index in [0.717, 1.165) is 41.9 Å². The molecule has 2 unspecified atom stereocenters. The summed E-state index contributed by atoms with van der Waals surface area (Å²) in [7, 11) is 0. The van der Waals surface area contributed by atoms with Crippen molar-refractivity contribution >= 4 is 28.7 Å². The third-order valence-corrected chi connectivity index (χ3v) is 9.65. The predicted molar refractivity (Wildman–Crippen MR) is 173 cm³/mol. The molecule has 11 heteroatoms. The van der Waals surface area contributed by atoms with Crippen LogP contribution in [-0.2, 0) is 11.2 Å². The topological polar surface area (TPSA) is 82.8 Å². The lowest BCUT2D eigenvalue weighted by Gasteiger charge is -2.28. The fraction of sp³-hybridized carbons (Fsp3) is 0.389. The number of para-hydroxylation sites is 1. The van der Waals surface area contributed by atoms with Crippen LogP contribution in [0, 0.1) is 5.92 Å². The molecular formula is C36H37F3N6O2. The summed E-state index contributed by atoms with van der Waals surface area (Å²) in [5.41, 5.74) is 6.47. The van der Waals surface area contributed by atoms with Gasteiger partial charge in [0.15, 0.2) is 11.5 Å². The van der Waals surface area contributed by atoms with Crippen molar-refractivity contribution in [2.24, 2.45) is 5.92 Å². The van der Waals surface area contributed by atoms with Gasteiger partial charge >= 0.3 is 6.18 Å². The Hall–Kier alpha value is -4.51. The minimum absolute atomic E-state index is 0.00661. The zero-order chi connectivity index (χ0) is 32.5. The number of aromatic nitrogens is 3. The van der Waals surface area contributed by atoms with Crippen LogP contribution < -0.4 is 10.2 Å². The Labute approximate surface area is 271 Å². The minimum atomic E-state index is -4.34. The van der Waals surface area contributed by atoms with Gasteiger partial charge in [-0.25, -0.2) is 9.50 Å². The Morgan fingerprint density at radius 3 is 2.60 bits per heavy atom. The molecular weight excluding hydrogens is 605 g/mol. The van der Waals surface area contributed by atoms with E-state index in [1.807, 2.05) is 59.6 Å². The van der Waals surface area contributed by atoms with Crippen LogP contribution in [0.3, 0.4) is 0 Å². The highest BCUT2D eigenvalue weighted by Gasteiger charge is 2.37. The van der Waals surface area contributed by atoms with Crippen molar-refractivity contribution in [1.29, 1.82) is 0 Å². The molecule has 2 aromatic heterocycles. The van der Waals surface area contributed by atoms with Crippen molar-refractivity contribution < 1.29 is 22.8 Å². The quantitative estimate of drug-likeness (QED) is 0.267. The number of nitrogens with one attached hydrogen (secondary N) is 1. The maximum Gasteiger partial charge on any atom is 0.389 e. The van der Waals surface area contributed by atoms with Crippen molar-refractivity contribution in [2.45, 2.75) is 50.6 Å². The summed E-state index contributed by atoms with van der Waals surface area (Å²) in [6, 6.07) is 19.8. The van der Waals surface area contributed by atoms with Crippen LogP contribution in [0.2, 0.25) is 0 Å². The number of carbonyl (C=O) groups excluding carboxylic acids is 2. The molecule has 47 heavy (non-hydrogen) atoms. The smallest absolute Gasteiger partial charge is 0.339 e. The molecule has 2 atom stereocenters. The number of anilines is 1. The molecule has 4 aromatic rings. The summed E-state index contributed by atoms with van der Waals surface area (Å²) in [6.07, 6.45) is 1.09. The van der Waals surface area contributed by atoms with Crippen molar-refractivity contribution in [3.05, 3.63) is 101 Å². The van der Waals surface area contributed by atoms with Gasteiger partial charge in [-0.3, -0.25) is 9.59 Å². The first-order valence-corrected chi connectivity index (χ1v) is 16.3. The van der Waals surface area contributed by atoms with Crippen LogP contribution in [0.25, 0.3) is 11.2 Å². The molecule has 5 heterocycles. The van der Waals surface area contributed by atoms with Crippen LogP contribution in [0.15, 0.2) is 72.9 Å². The van der Waals surface area contributed by atoms with Gasteiger partial charge in [-0.05, 0) is 85.3 Å². The van der Waals surface area contributed by atoms with Crippen molar-refractivity contribution in [1.82, 2.24) is 24.8 Å². The number of fused-ring (bicyclic) bond motifs is 2. The fourth-order valence-electron chi connectivity index (χ4n) is 7.18. The summed E-state index contributed by atoms with van der Waals surface area (Å²) in [5, 5.41) is 8.20. The number of halogens is 3. The molecule has 0 spiro atoms. The minimum Gasteiger partial charge on any atom is -0.339 e. The van der Waals surface area contributed by atoms with E-state index >= 15 is 0 Å². The van der Waals surface area contributed by atoms with E-state index in [1.165, 1.54) is 16.9 Å². The summed E-state index contributed by atoms with van der Waals surface area (Å²) in [4.78, 5) is 34.2. The Kier molecular flexibility index (Phi) is 8.57. The van der Waals surface area contributed by atoms with Crippen LogP contribution in [-0.4, -0.2) is 70.2 Å². The lowest BCUT2D eigenvalue weighted by Crippen LogP contribution is -2.36. The number of piperidine rings is 1. The van der Waals surface area contributed by atoms with E-state index in [4.69, 9.17) is 4.98 Å². The van der Waals surface area contributed by atoms with Crippen LogP contribution in [0.4, 0.5) is 18.9 Å². The number of rotatable bonds is 7. The molecule has 0 saturated carbocycles. The standard InChI is InChI=1S/C36H37F3N6O2/c37-36(38,39)16-13-33(46)43-19-14-25(15-20-43)28-7-4-18-45-34(28)41-32(42-45)21-24-9-11-26(12-10-24)35(47)44-23-30(27-5-3-17-40-22-27)29-6-1-2-8-31(29)44/h1-2,4,6-12,14,18,27,30,40H,3,5,13,15-17,19-23H2. The van der Waals surface area contributed by atoms with Gasteiger partial charge in [0.1, 0.15) is 0 Å². The monoisotopic (exact) mass is 642 g/mol. The van der Waals surface area contributed by atoms with Crippen LogP contribution >= 0.6 is 0 Å². The van der Waals surface area contributed by atoms with Gasteiger partial charge in [0.2, 0.25) is 5.91 Å². The molecule has 3 aliphatic rings. The number of amides is 2. The van der Waals surface area contributed by atoms with Gasteiger partial charge in [-0.2, -0.15) is 18.3 Å². The van der Waals surface area contributed by atoms with E-state index in [1.54, 1.807) is 4.52 Å². The highest BCUT2D eigenvalue weighted by Crippen LogP contribution is 2.42. The van der Waals surface area contributed by atoms with Crippen molar-refractivity contribution in [3.8, 4) is 0 Å². The molecule has 0 radical (unpaired) electrons. The SMILES string of the molecule is O=C(CCC(F)(F)F)N1CC=C(c2cccn3nc(Cc4ccc(C(=O)N5CC(C6CCCNC6)c6ccccc65)cc4)nc23)CC1. The first kappa shape index (κ1) is 31.1. The molecule has 244 valence electrons. The number of alkyl halides is 3. The van der Waals surface area contributed by atoms with Gasteiger partial charge in [0.05, 0.1) is 6.42 Å². The largest absolute Gasteiger partial charge is 0.389 e. The third kappa shape index (κ3) is 6.67. The molecule has 1 fully saturated rings. The van der Waals surface area contributed by atoms with E-state index in [0.29, 0.717) is 54.8 Å². The molecule has 2 aromatic carbocycles. The summed E-state index contributed by atoms with van der Waals surface area (Å²) in [6.45, 7) is 3.37. The van der Waals surface area contributed by atoms with E-state index in [-0.39, 0.29) is 12.5 Å². The van der Waals surface area contributed by atoms with E-state index in [2.05, 4.69) is 28.6 Å². The Morgan fingerprint density at radius 1 is 1.02 bits per heavy atom. The lowest BCUT2D eigenvalue weighted by molar-refractivity contribution is -0.148. The van der Waals surface area contributed by atoms with Crippen LogP contribution in [0.1, 0.15) is 70.9 Å². The Balaban J connectivity index is 1.02. The Morgan fingerprint density at radius 2 is 1.85 bits per heavy atom. The Bertz CT molecular complexity index is 1810. The summed E-state index contributed by atoms with van der Waals surface area (Å²) >= 11 is 0. The number of hydrogen-bond acceptors (Lipinski definition) is 5. The van der Waals surface area contributed by atoms with Gasteiger partial charge in [-0.15, -0.1) is 0 Å². The van der Waals surface area contributed by atoms with Crippen molar-refractivity contribution in [2.75, 3.05) is 37.6 Å². The first-order valence-electron chi connectivity index (χ1n) is 16.3. The van der Waals surface area contributed by atoms with Gasteiger partial charge in [0, 0.05) is 61.4 Å². The maximum absolute atomic E-state index is 13.8. The van der Waals surface area contributed by atoms with E-state index in [9.17, 15) is 22.8 Å². The average molecular weight is 643 g/mol. The second kappa shape index (κ2) is 12.9. The third-order valence-electron chi connectivity index (χ3n) is 9.65. The van der Waals surface area contributed by atoms with Crippen LogP contribution in [0.5, 0.6) is 0 Å². The van der Waals surface area contributed by atoms with Gasteiger partial charge in [-0.1, -0.05) is 36.4 Å². The molecule has 1 N–H and O–H groups in total. The summed E-state index contributed by atoms with van der Waals surface area (Å²) in [5.74, 6) is 1.01. The zero-order valence-corrected chi connectivity index (χ0v) is 26.0. The molecule has 0 bridgehead atoms. The number of carbonyl (C=O) groups is 2. The highest BCUT2D eigenvalue weighted by molar-refractivity contribution is 6.07. The number of benzene rings is 2. The molecule has 1 saturated heterocycles. The fourth-order valence-corrected chi connectivity index (χ4v) is 7.18. The van der Waals surface area contributed by atoms with Gasteiger partial charge in [0.25, 0.3) is 5.91 Å². The average Bonchev–Trinajstić information content (AvgIpc) is 3.69. The number of pyridine rings is 1. The second-order valence-electron chi connectivity index (χ2n) is 12.7. The van der Waals surface area contributed by atoms with Crippen molar-refractivity contribution in [3.63, 3.8) is 0 Å². The molecule has 8 nitrogen and oxygen atoms in total. The molecule has 3 aliphatic heterocycles. The molecule has 0 aliphatic carbocycles. The predicted octanol–water partition coefficient (Wildman–Crippen LogP) is 6.02.